The highest BCUT2D eigenvalue weighted by molar-refractivity contribution is 5.94. The molecule has 6 nitrogen and oxygen atoms in total. The molecule has 1 fully saturated rings. The van der Waals surface area contributed by atoms with E-state index in [9.17, 15) is 14.9 Å². The Labute approximate surface area is 123 Å². The molecule has 110 valence electrons. The number of hydrogen-bond acceptors (Lipinski definition) is 4. The van der Waals surface area contributed by atoms with Crippen molar-refractivity contribution < 1.29 is 9.72 Å². The fourth-order valence-electron chi connectivity index (χ4n) is 2.19. The van der Waals surface area contributed by atoms with Gasteiger partial charge in [0.25, 0.3) is 11.6 Å². The molecule has 1 atom stereocenters. The molecule has 0 aromatic heterocycles. The fraction of sp³-hybridized carbons (Fsp3) is 0.462. The predicted molar refractivity (Wildman–Crippen MR) is 78.3 cm³/mol. The van der Waals surface area contributed by atoms with E-state index in [4.69, 9.17) is 0 Å². The van der Waals surface area contributed by atoms with Crippen molar-refractivity contribution in [2.75, 3.05) is 19.6 Å². The van der Waals surface area contributed by atoms with Crippen molar-refractivity contribution in [2.45, 2.75) is 12.8 Å². The Morgan fingerprint density at radius 2 is 2.10 bits per heavy atom. The van der Waals surface area contributed by atoms with Gasteiger partial charge < -0.3 is 10.6 Å². The maximum atomic E-state index is 11.8. The number of nitrogens with zero attached hydrogens (tertiary/aromatic N) is 1. The molecule has 0 saturated carbocycles. The molecule has 1 aromatic carbocycles. The van der Waals surface area contributed by atoms with Crippen LogP contribution in [0.3, 0.4) is 0 Å². The number of carbonyl (C=O) groups is 1. The van der Waals surface area contributed by atoms with Crippen LogP contribution >= 0.6 is 12.4 Å². The molecule has 2 N–H and O–H groups in total. The molecule has 1 aliphatic rings. The standard InChI is InChI=1S/C13H17N3O3.ClH/c17-13(15-8-6-10-5-7-14-9-10)11-1-3-12(4-2-11)16(18)19;/h1-4,10,14H,5-9H2,(H,15,17);1H. The van der Waals surface area contributed by atoms with Crippen LogP contribution in [-0.4, -0.2) is 30.5 Å². The zero-order valence-corrected chi connectivity index (χ0v) is 11.8. The number of benzene rings is 1. The lowest BCUT2D eigenvalue weighted by molar-refractivity contribution is -0.384. The smallest absolute Gasteiger partial charge is 0.269 e. The second-order valence-corrected chi connectivity index (χ2v) is 4.71. The summed E-state index contributed by atoms with van der Waals surface area (Å²) in [5.74, 6) is 0.456. The van der Waals surface area contributed by atoms with Crippen molar-refractivity contribution in [1.29, 1.82) is 0 Å². The monoisotopic (exact) mass is 299 g/mol. The van der Waals surface area contributed by atoms with Gasteiger partial charge in [-0.1, -0.05) is 0 Å². The van der Waals surface area contributed by atoms with E-state index in [1.54, 1.807) is 0 Å². The summed E-state index contributed by atoms with van der Waals surface area (Å²) in [5.41, 5.74) is 0.448. The number of halogens is 1. The quantitative estimate of drug-likeness (QED) is 0.641. The van der Waals surface area contributed by atoms with Crippen LogP contribution in [0.4, 0.5) is 5.69 Å². The van der Waals surface area contributed by atoms with E-state index in [2.05, 4.69) is 10.6 Å². The molecule has 20 heavy (non-hydrogen) atoms. The zero-order chi connectivity index (χ0) is 13.7. The molecular formula is C13H18ClN3O3. The molecule has 1 amide bonds. The summed E-state index contributed by atoms with van der Waals surface area (Å²) in [5, 5.41) is 16.6. The highest BCUT2D eigenvalue weighted by Crippen LogP contribution is 2.13. The average Bonchev–Trinajstić information content (AvgIpc) is 2.92. The third kappa shape index (κ3) is 4.47. The number of carbonyl (C=O) groups excluding carboxylic acids is 1. The highest BCUT2D eigenvalue weighted by Gasteiger charge is 2.14. The van der Waals surface area contributed by atoms with Crippen LogP contribution in [0.2, 0.25) is 0 Å². The maximum Gasteiger partial charge on any atom is 0.269 e. The first-order valence-electron chi connectivity index (χ1n) is 6.40. The first kappa shape index (κ1) is 16.4. The van der Waals surface area contributed by atoms with Gasteiger partial charge in [0.2, 0.25) is 0 Å². The van der Waals surface area contributed by atoms with Crippen molar-refractivity contribution in [1.82, 2.24) is 10.6 Å². The summed E-state index contributed by atoms with van der Waals surface area (Å²) < 4.78 is 0. The molecule has 1 aliphatic heterocycles. The lowest BCUT2D eigenvalue weighted by atomic mass is 10.1. The third-order valence-electron chi connectivity index (χ3n) is 3.34. The molecule has 1 heterocycles. The topological polar surface area (TPSA) is 84.3 Å². The zero-order valence-electron chi connectivity index (χ0n) is 11.0. The SMILES string of the molecule is Cl.O=C(NCCC1CCNC1)c1ccc([N+](=O)[O-])cc1. The Morgan fingerprint density at radius 1 is 1.40 bits per heavy atom. The summed E-state index contributed by atoms with van der Waals surface area (Å²) in [7, 11) is 0. The number of rotatable bonds is 5. The van der Waals surface area contributed by atoms with Gasteiger partial charge in [0.15, 0.2) is 0 Å². The molecule has 1 aromatic rings. The van der Waals surface area contributed by atoms with Crippen molar-refractivity contribution in [3.05, 3.63) is 39.9 Å². The normalized spacial score (nSPS) is 17.3. The van der Waals surface area contributed by atoms with Gasteiger partial charge in [0.1, 0.15) is 0 Å². The Bertz CT molecular complexity index is 458. The largest absolute Gasteiger partial charge is 0.352 e. The van der Waals surface area contributed by atoms with Crippen LogP contribution in [0.15, 0.2) is 24.3 Å². The number of nitro groups is 1. The first-order chi connectivity index (χ1) is 9.16. The van der Waals surface area contributed by atoms with E-state index >= 15 is 0 Å². The number of hydrogen-bond donors (Lipinski definition) is 2. The van der Waals surface area contributed by atoms with Crippen LogP contribution in [0.25, 0.3) is 0 Å². The van der Waals surface area contributed by atoms with Crippen LogP contribution in [-0.2, 0) is 0 Å². The highest BCUT2D eigenvalue weighted by atomic mass is 35.5. The van der Waals surface area contributed by atoms with Gasteiger partial charge in [-0.2, -0.15) is 0 Å². The van der Waals surface area contributed by atoms with E-state index in [0.29, 0.717) is 18.0 Å². The Kier molecular flexibility index (Phi) is 6.41. The summed E-state index contributed by atoms with van der Waals surface area (Å²) in [6.45, 7) is 2.72. The summed E-state index contributed by atoms with van der Waals surface area (Å²) >= 11 is 0. The van der Waals surface area contributed by atoms with Crippen LogP contribution in [0.5, 0.6) is 0 Å². The van der Waals surface area contributed by atoms with E-state index in [0.717, 1.165) is 25.9 Å². The third-order valence-corrected chi connectivity index (χ3v) is 3.34. The minimum atomic E-state index is -0.477. The van der Waals surface area contributed by atoms with Gasteiger partial charge in [0, 0.05) is 24.2 Å². The van der Waals surface area contributed by atoms with Gasteiger partial charge >= 0.3 is 0 Å². The first-order valence-corrected chi connectivity index (χ1v) is 6.40. The molecule has 0 aliphatic carbocycles. The lowest BCUT2D eigenvalue weighted by Gasteiger charge is -2.09. The average molecular weight is 300 g/mol. The maximum absolute atomic E-state index is 11.8. The summed E-state index contributed by atoms with van der Waals surface area (Å²) in [4.78, 5) is 21.8. The van der Waals surface area contributed by atoms with Gasteiger partial charge in [-0.3, -0.25) is 14.9 Å². The van der Waals surface area contributed by atoms with E-state index in [-0.39, 0.29) is 24.0 Å². The fourth-order valence-corrected chi connectivity index (χ4v) is 2.19. The Balaban J connectivity index is 0.00000200. The second kappa shape index (κ2) is 7.81. The molecule has 1 saturated heterocycles. The predicted octanol–water partition coefficient (Wildman–Crippen LogP) is 1.75. The Morgan fingerprint density at radius 3 is 2.65 bits per heavy atom. The van der Waals surface area contributed by atoms with Gasteiger partial charge in [0.05, 0.1) is 4.92 Å². The molecule has 2 rings (SSSR count). The van der Waals surface area contributed by atoms with Gasteiger partial charge in [-0.05, 0) is 44.0 Å². The Hall–Kier alpha value is -1.66. The van der Waals surface area contributed by atoms with Crippen molar-refractivity contribution in [3.8, 4) is 0 Å². The van der Waals surface area contributed by atoms with Crippen LogP contribution in [0, 0.1) is 16.0 Å². The van der Waals surface area contributed by atoms with Crippen LogP contribution in [0.1, 0.15) is 23.2 Å². The van der Waals surface area contributed by atoms with Gasteiger partial charge in [-0.25, -0.2) is 0 Å². The van der Waals surface area contributed by atoms with Crippen molar-refractivity contribution >= 4 is 24.0 Å². The molecule has 7 heteroatoms. The second-order valence-electron chi connectivity index (χ2n) is 4.71. The number of amides is 1. The lowest BCUT2D eigenvalue weighted by Crippen LogP contribution is -2.26. The molecule has 0 spiro atoms. The van der Waals surface area contributed by atoms with Gasteiger partial charge in [-0.15, -0.1) is 12.4 Å². The van der Waals surface area contributed by atoms with Crippen molar-refractivity contribution in [2.24, 2.45) is 5.92 Å². The minimum Gasteiger partial charge on any atom is -0.352 e. The molecular weight excluding hydrogens is 282 g/mol. The number of non-ortho nitro benzene ring substituents is 1. The number of nitro benzene ring substituents is 1. The number of nitrogens with one attached hydrogen (secondary N) is 2. The minimum absolute atomic E-state index is 0. The molecule has 0 radical (unpaired) electrons. The van der Waals surface area contributed by atoms with E-state index in [1.165, 1.54) is 24.3 Å². The van der Waals surface area contributed by atoms with E-state index in [1.807, 2.05) is 0 Å². The summed E-state index contributed by atoms with van der Waals surface area (Å²) in [6, 6.07) is 5.64. The molecule has 1 unspecified atom stereocenters. The van der Waals surface area contributed by atoms with E-state index < -0.39 is 4.92 Å². The van der Waals surface area contributed by atoms with Crippen molar-refractivity contribution in [3.63, 3.8) is 0 Å². The molecule has 0 bridgehead atoms. The van der Waals surface area contributed by atoms with Crippen LogP contribution < -0.4 is 10.6 Å². The summed E-state index contributed by atoms with van der Waals surface area (Å²) in [6.07, 6.45) is 2.12.